The second-order valence-electron chi connectivity index (χ2n) is 14.0. The molecule has 11 nitrogen and oxygen atoms in total. The Kier molecular flexibility index (Phi) is 15.4. The molecule has 0 amide bonds. The van der Waals surface area contributed by atoms with E-state index in [1.54, 1.807) is 82.3 Å². The molecule has 5 N–H and O–H groups in total. The van der Waals surface area contributed by atoms with E-state index in [0.29, 0.717) is 5.57 Å². The Morgan fingerprint density at radius 2 is 1.55 bits per heavy atom. The van der Waals surface area contributed by atoms with Crippen LogP contribution < -0.4 is 4.18 Å². The molecule has 4 aliphatic rings. The van der Waals surface area contributed by atoms with E-state index >= 15 is 0 Å². The zero-order valence-corrected chi connectivity index (χ0v) is 43.2. The van der Waals surface area contributed by atoms with Crippen LogP contribution in [0.1, 0.15) is 56.5 Å². The Hall–Kier alpha value is 1.64. The van der Waals surface area contributed by atoms with Gasteiger partial charge < -0.3 is 39.2 Å². The maximum absolute atomic E-state index is 13.8. The summed E-state index contributed by atoms with van der Waals surface area (Å²) in [7, 11) is 0. The zero-order valence-electron chi connectivity index (χ0n) is 28.2. The van der Waals surface area contributed by atoms with Crippen molar-refractivity contribution in [3.05, 3.63) is 76.9 Å². The molecule has 0 spiro atoms. The first-order valence-corrected chi connectivity index (χ1v) is 16.5. The third-order valence-electron chi connectivity index (χ3n) is 11.2. The molecular formula is C34H42Ac3O11S. The van der Waals surface area contributed by atoms with Crippen LogP contribution in [0.15, 0.2) is 65.7 Å². The summed E-state index contributed by atoms with van der Waals surface area (Å²) in [6, 6.07) is 14.9. The number of benzene rings is 2. The molecule has 259 valence electrons. The number of hydrogen-bond acceptors (Lipinski definition) is 11. The van der Waals surface area contributed by atoms with Crippen LogP contribution in [0.5, 0.6) is 5.75 Å². The van der Waals surface area contributed by atoms with Gasteiger partial charge in [0.2, 0.25) is 0 Å². The van der Waals surface area contributed by atoms with Gasteiger partial charge in [-0.05, 0) is 49.3 Å². The topological polar surface area (TPSA) is 172 Å². The first-order chi connectivity index (χ1) is 21.6. The predicted molar refractivity (Wildman–Crippen MR) is 165 cm³/mol. The van der Waals surface area contributed by atoms with Gasteiger partial charge in [0.25, 0.3) is 0 Å². The minimum absolute atomic E-state index is 0. The van der Waals surface area contributed by atoms with Gasteiger partial charge in [-0.25, -0.2) is 4.79 Å². The molecule has 1 aliphatic heterocycles. The van der Waals surface area contributed by atoms with Crippen molar-refractivity contribution in [2.75, 3.05) is 6.61 Å². The Labute approximate surface area is 396 Å². The third-order valence-corrected chi connectivity index (χ3v) is 11.9. The van der Waals surface area contributed by atoms with E-state index in [0.717, 1.165) is 5.56 Å². The average Bonchev–Trinajstić information content (AvgIpc) is 3.00. The molecule has 1 heterocycles. The molecule has 3 fully saturated rings. The van der Waals surface area contributed by atoms with Gasteiger partial charge in [-0.3, -0.25) is 4.18 Å². The summed E-state index contributed by atoms with van der Waals surface area (Å²) in [5.41, 5.74) is -5.26. The molecule has 2 bridgehead atoms. The molecule has 0 aromatic heterocycles. The Bertz CT molecular complexity index is 1560. The number of fused-ring (bicyclic) bond motifs is 5. The molecule has 1 saturated heterocycles. The molecular weight excluding hydrogens is 1300 g/mol. The van der Waals surface area contributed by atoms with Crippen LogP contribution in [-0.4, -0.2) is 90.1 Å². The van der Waals surface area contributed by atoms with Crippen molar-refractivity contribution < 1.29 is 185 Å². The first-order valence-electron chi connectivity index (χ1n) is 15.5. The Morgan fingerprint density at radius 3 is 2.12 bits per heavy atom. The van der Waals surface area contributed by atoms with E-state index in [1.807, 2.05) is 6.92 Å². The monoisotopic (exact) mass is 1340 g/mol. The summed E-state index contributed by atoms with van der Waals surface area (Å²) in [5.74, 6) is -1.88. The molecule has 2 aromatic rings. The molecule has 2 aromatic carbocycles. The number of aliphatic hydroxyl groups is 5. The second kappa shape index (κ2) is 16.8. The van der Waals surface area contributed by atoms with Crippen LogP contribution in [0.4, 0.5) is 0 Å². The smallest absolute Gasteiger partial charge is 0.360 e. The van der Waals surface area contributed by atoms with Crippen molar-refractivity contribution in [2.24, 2.45) is 16.7 Å². The van der Waals surface area contributed by atoms with Crippen LogP contribution >= 0.6 is 0 Å². The number of carbonyl (C=O) groups is 1. The summed E-state index contributed by atoms with van der Waals surface area (Å²) < 4.78 is 36.9. The van der Waals surface area contributed by atoms with E-state index in [1.165, 1.54) is 0 Å². The molecule has 15 heteroatoms. The van der Waals surface area contributed by atoms with E-state index in [-0.39, 0.29) is 169 Å². The number of carbonyl (C=O) groups excluding carboxylic acids is 1. The third kappa shape index (κ3) is 7.62. The molecule has 49 heavy (non-hydrogen) atoms. The molecule has 11 atom stereocenters. The Morgan fingerprint density at radius 1 is 0.939 bits per heavy atom. The van der Waals surface area contributed by atoms with E-state index in [4.69, 9.17) is 17.8 Å². The van der Waals surface area contributed by atoms with Crippen molar-refractivity contribution in [3.63, 3.8) is 0 Å². The standard InChI is InChI=1S/C34H42O11S.3Ac/c1-18-11-13-21(14-12-18)44-46(41)45-23-15-24-33(39,17-42-24)27-29(43-30(38)20-9-7-6-8-10-20)34(40)16-22(35)19(2)25(31(34,3)4)26(36)28(37)32(23,27)5;;;/h6-14,22-24,26-29,35-37,39-40H,15-17H2,1-5H3;;;/t22?,23?,24?,26?,27?,28?,29?,32-,33?,34?,46?;;;/m1.../s1. The van der Waals surface area contributed by atoms with Gasteiger partial charge in [-0.2, -0.15) is 4.21 Å². The van der Waals surface area contributed by atoms with E-state index in [9.17, 15) is 34.5 Å². The van der Waals surface area contributed by atoms with Crippen LogP contribution in [0.25, 0.3) is 0 Å². The maximum Gasteiger partial charge on any atom is 0.360 e. The molecule has 10 unspecified atom stereocenters. The van der Waals surface area contributed by atoms with Crippen LogP contribution in [-0.2, 0) is 25.0 Å². The van der Waals surface area contributed by atoms with Gasteiger partial charge in [0.1, 0.15) is 29.2 Å². The first kappa shape index (κ1) is 45.0. The fourth-order valence-corrected chi connectivity index (χ4v) is 9.18. The largest absolute Gasteiger partial charge is 0.455 e. The number of aryl methyl sites for hydroxylation is 1. The minimum Gasteiger partial charge on any atom is -0.455 e. The van der Waals surface area contributed by atoms with Crippen molar-refractivity contribution in [1.29, 1.82) is 0 Å². The predicted octanol–water partition coefficient (Wildman–Crippen LogP) is 2.29. The molecule has 3 aliphatic carbocycles. The fraction of sp³-hybridized carbons (Fsp3) is 0.559. The van der Waals surface area contributed by atoms with Gasteiger partial charge >= 0.3 is 17.3 Å². The summed E-state index contributed by atoms with van der Waals surface area (Å²) in [6.07, 6.45) is -8.69. The van der Waals surface area contributed by atoms with E-state index < -0.39 is 81.9 Å². The van der Waals surface area contributed by atoms with Gasteiger partial charge in [0.15, 0.2) is 0 Å². The number of hydrogen-bond donors (Lipinski definition) is 5. The van der Waals surface area contributed by atoms with E-state index in [2.05, 4.69) is 0 Å². The summed E-state index contributed by atoms with van der Waals surface area (Å²) >= 11 is -2.42. The van der Waals surface area contributed by atoms with Crippen molar-refractivity contribution >= 4 is 17.3 Å². The maximum atomic E-state index is 13.8. The van der Waals surface area contributed by atoms with Gasteiger partial charge in [-0.15, -0.1) is 0 Å². The molecule has 6 rings (SSSR count). The van der Waals surface area contributed by atoms with Gasteiger partial charge in [0.05, 0.1) is 36.6 Å². The number of rotatable bonds is 6. The normalized spacial score (nSPS) is 37.9. The summed E-state index contributed by atoms with van der Waals surface area (Å²) in [4.78, 5) is 13.8. The zero-order chi connectivity index (χ0) is 33.4. The van der Waals surface area contributed by atoms with Gasteiger partial charge in [-0.1, -0.05) is 56.7 Å². The average molecular weight is 1340 g/mol. The number of esters is 1. The molecule has 3 radical (unpaired) electrons. The molecule has 2 saturated carbocycles. The van der Waals surface area contributed by atoms with Crippen molar-refractivity contribution in [2.45, 2.75) is 95.3 Å². The van der Waals surface area contributed by atoms with Gasteiger partial charge in [0, 0.05) is 162 Å². The van der Waals surface area contributed by atoms with Crippen LogP contribution in [0, 0.1) is 156 Å². The van der Waals surface area contributed by atoms with Crippen molar-refractivity contribution in [3.8, 4) is 5.75 Å². The van der Waals surface area contributed by atoms with Crippen LogP contribution in [0.3, 0.4) is 0 Å². The Balaban J connectivity index is 0.00000217. The van der Waals surface area contributed by atoms with Crippen molar-refractivity contribution in [1.82, 2.24) is 0 Å². The second-order valence-corrected chi connectivity index (χ2v) is 14.8. The SMILES string of the molecule is CC1=C2C(O)C(O)[C@]3(C)C(OS(=O)Oc4ccc(C)cc4)CC4OCC4(O)C3C(OC(=O)c3ccccc3)C(O)(CC1O)C2(C)C.[Ac].[Ac].[Ac]. The number of aliphatic hydroxyl groups excluding tert-OH is 3. The minimum atomic E-state index is -2.42. The fourth-order valence-electron chi connectivity index (χ4n) is 8.39. The quantitative estimate of drug-likeness (QED) is 0.213. The summed E-state index contributed by atoms with van der Waals surface area (Å²) in [5, 5.41) is 60.5. The number of ether oxygens (including phenoxy) is 2. The summed E-state index contributed by atoms with van der Waals surface area (Å²) in [6.45, 7) is 8.14. The van der Waals surface area contributed by atoms with Crippen LogP contribution in [0.2, 0.25) is 0 Å².